The van der Waals surface area contributed by atoms with E-state index in [1.54, 1.807) is 6.92 Å². The molecule has 17 heavy (non-hydrogen) atoms. The van der Waals surface area contributed by atoms with E-state index in [1.807, 2.05) is 6.92 Å². The Bertz CT molecular complexity index is 334. The van der Waals surface area contributed by atoms with Crippen LogP contribution in [-0.2, 0) is 9.53 Å². The number of carbonyl (C=O) groups excluding carboxylic acids is 1. The molecular formula is C14H23NO2. The SMILES string of the molecule is C=C(C)[C@](C)(C#CCN(CC)CC)OC(C)=O. The molecule has 0 aromatic heterocycles. The molecule has 0 bridgehead atoms. The van der Waals surface area contributed by atoms with Crippen molar-refractivity contribution in [3.05, 3.63) is 12.2 Å². The maximum Gasteiger partial charge on any atom is 0.304 e. The van der Waals surface area contributed by atoms with Gasteiger partial charge in [0.05, 0.1) is 6.54 Å². The van der Waals surface area contributed by atoms with Gasteiger partial charge in [0.25, 0.3) is 0 Å². The summed E-state index contributed by atoms with van der Waals surface area (Å²) >= 11 is 0. The van der Waals surface area contributed by atoms with E-state index in [0.717, 1.165) is 18.7 Å². The van der Waals surface area contributed by atoms with E-state index in [2.05, 4.69) is 37.2 Å². The number of nitrogens with zero attached hydrogens (tertiary/aromatic N) is 1. The zero-order valence-electron chi connectivity index (χ0n) is 11.6. The summed E-state index contributed by atoms with van der Waals surface area (Å²) in [5.74, 6) is 5.70. The molecule has 3 heteroatoms. The first kappa shape index (κ1) is 15.7. The zero-order chi connectivity index (χ0) is 13.5. The Hall–Kier alpha value is -1.27. The van der Waals surface area contributed by atoms with E-state index in [-0.39, 0.29) is 5.97 Å². The van der Waals surface area contributed by atoms with Crippen LogP contribution in [-0.4, -0.2) is 36.1 Å². The summed E-state index contributed by atoms with van der Waals surface area (Å²) in [5.41, 5.74) is -0.140. The van der Waals surface area contributed by atoms with Crippen LogP contribution in [0.25, 0.3) is 0 Å². The van der Waals surface area contributed by atoms with Gasteiger partial charge in [0, 0.05) is 6.92 Å². The first-order valence-electron chi connectivity index (χ1n) is 5.93. The Labute approximate surface area is 105 Å². The van der Waals surface area contributed by atoms with Crippen LogP contribution in [0.5, 0.6) is 0 Å². The van der Waals surface area contributed by atoms with Crippen molar-refractivity contribution in [2.75, 3.05) is 19.6 Å². The summed E-state index contributed by atoms with van der Waals surface area (Å²) in [6.07, 6.45) is 0. The summed E-state index contributed by atoms with van der Waals surface area (Å²) in [6.45, 7) is 15.6. The molecule has 0 N–H and O–H groups in total. The molecule has 0 aliphatic rings. The predicted molar refractivity (Wildman–Crippen MR) is 70.5 cm³/mol. The van der Waals surface area contributed by atoms with Gasteiger partial charge in [-0.25, -0.2) is 0 Å². The van der Waals surface area contributed by atoms with Crippen molar-refractivity contribution >= 4 is 5.97 Å². The van der Waals surface area contributed by atoms with Gasteiger partial charge in [-0.05, 0) is 38.4 Å². The molecule has 96 valence electrons. The van der Waals surface area contributed by atoms with Crippen LogP contribution < -0.4 is 0 Å². The summed E-state index contributed by atoms with van der Waals surface area (Å²) < 4.78 is 5.22. The van der Waals surface area contributed by atoms with Gasteiger partial charge in [0.1, 0.15) is 0 Å². The second kappa shape index (κ2) is 7.13. The normalized spacial score (nSPS) is 13.5. The van der Waals surface area contributed by atoms with E-state index >= 15 is 0 Å². The maximum absolute atomic E-state index is 11.0. The minimum atomic E-state index is -0.876. The van der Waals surface area contributed by atoms with Crippen LogP contribution >= 0.6 is 0 Å². The molecule has 1 atom stereocenters. The number of hydrogen-bond donors (Lipinski definition) is 0. The van der Waals surface area contributed by atoms with Crippen molar-refractivity contribution in [1.82, 2.24) is 4.90 Å². The fourth-order valence-electron chi connectivity index (χ4n) is 1.27. The Morgan fingerprint density at radius 3 is 2.24 bits per heavy atom. The van der Waals surface area contributed by atoms with Crippen LogP contribution in [0.2, 0.25) is 0 Å². The first-order valence-corrected chi connectivity index (χ1v) is 5.93. The van der Waals surface area contributed by atoms with Crippen LogP contribution in [0, 0.1) is 11.8 Å². The van der Waals surface area contributed by atoms with Gasteiger partial charge in [-0.3, -0.25) is 9.69 Å². The fourth-order valence-corrected chi connectivity index (χ4v) is 1.27. The third-order valence-electron chi connectivity index (χ3n) is 2.69. The molecule has 0 radical (unpaired) electrons. The van der Waals surface area contributed by atoms with Gasteiger partial charge in [0.2, 0.25) is 0 Å². The van der Waals surface area contributed by atoms with Gasteiger partial charge in [-0.15, -0.1) is 0 Å². The quantitative estimate of drug-likeness (QED) is 0.417. The summed E-state index contributed by atoms with van der Waals surface area (Å²) in [5, 5.41) is 0. The molecule has 0 aromatic carbocycles. The number of rotatable bonds is 5. The fraction of sp³-hybridized carbons (Fsp3) is 0.643. The van der Waals surface area contributed by atoms with Crippen LogP contribution in [0.3, 0.4) is 0 Å². The van der Waals surface area contributed by atoms with Gasteiger partial charge in [-0.2, -0.15) is 0 Å². The van der Waals surface area contributed by atoms with Crippen molar-refractivity contribution in [2.45, 2.75) is 40.2 Å². The molecule has 0 unspecified atom stereocenters. The minimum absolute atomic E-state index is 0.340. The maximum atomic E-state index is 11.0. The molecule has 0 aliphatic carbocycles. The molecule has 0 spiro atoms. The largest absolute Gasteiger partial charge is 0.442 e. The molecule has 0 rings (SSSR count). The van der Waals surface area contributed by atoms with Crippen molar-refractivity contribution < 1.29 is 9.53 Å². The third kappa shape index (κ3) is 5.55. The highest BCUT2D eigenvalue weighted by atomic mass is 16.6. The lowest BCUT2D eigenvalue weighted by molar-refractivity contribution is -0.147. The summed E-state index contributed by atoms with van der Waals surface area (Å²) in [7, 11) is 0. The molecule has 0 aromatic rings. The molecule has 0 saturated carbocycles. The lowest BCUT2D eigenvalue weighted by Crippen LogP contribution is -2.31. The number of carbonyl (C=O) groups is 1. The van der Waals surface area contributed by atoms with Crippen molar-refractivity contribution in [2.24, 2.45) is 0 Å². The second-order valence-electron chi connectivity index (χ2n) is 4.17. The van der Waals surface area contributed by atoms with E-state index in [0.29, 0.717) is 6.54 Å². The summed E-state index contributed by atoms with van der Waals surface area (Å²) in [6, 6.07) is 0. The Balaban J connectivity index is 4.71. The minimum Gasteiger partial charge on any atom is -0.442 e. The van der Waals surface area contributed by atoms with E-state index in [4.69, 9.17) is 4.74 Å². The monoisotopic (exact) mass is 237 g/mol. The predicted octanol–water partition coefficient (Wildman–Crippen LogP) is 2.23. The first-order chi connectivity index (χ1) is 7.85. The highest BCUT2D eigenvalue weighted by Crippen LogP contribution is 2.18. The third-order valence-corrected chi connectivity index (χ3v) is 2.69. The zero-order valence-corrected chi connectivity index (χ0v) is 11.6. The molecule has 0 heterocycles. The Morgan fingerprint density at radius 1 is 1.35 bits per heavy atom. The van der Waals surface area contributed by atoms with Gasteiger partial charge < -0.3 is 4.74 Å². The topological polar surface area (TPSA) is 29.5 Å². The lowest BCUT2D eigenvalue weighted by atomic mass is 9.99. The Morgan fingerprint density at radius 2 is 1.88 bits per heavy atom. The molecule has 0 aliphatic heterocycles. The van der Waals surface area contributed by atoms with E-state index in [9.17, 15) is 4.79 Å². The molecule has 3 nitrogen and oxygen atoms in total. The van der Waals surface area contributed by atoms with Crippen molar-refractivity contribution in [3.8, 4) is 11.8 Å². The lowest BCUT2D eigenvalue weighted by Gasteiger charge is -2.23. The van der Waals surface area contributed by atoms with Crippen molar-refractivity contribution in [3.63, 3.8) is 0 Å². The van der Waals surface area contributed by atoms with E-state index < -0.39 is 5.60 Å². The average molecular weight is 237 g/mol. The highest BCUT2D eigenvalue weighted by molar-refractivity contribution is 5.67. The molecular weight excluding hydrogens is 214 g/mol. The van der Waals surface area contributed by atoms with E-state index in [1.165, 1.54) is 6.92 Å². The average Bonchev–Trinajstić information content (AvgIpc) is 2.23. The van der Waals surface area contributed by atoms with Crippen molar-refractivity contribution in [1.29, 1.82) is 0 Å². The number of esters is 1. The van der Waals surface area contributed by atoms with Gasteiger partial charge in [0.15, 0.2) is 5.60 Å². The number of ether oxygens (including phenoxy) is 1. The molecule has 0 amide bonds. The number of hydrogen-bond acceptors (Lipinski definition) is 3. The Kier molecular flexibility index (Phi) is 6.60. The van der Waals surface area contributed by atoms with Gasteiger partial charge in [-0.1, -0.05) is 26.3 Å². The van der Waals surface area contributed by atoms with Crippen LogP contribution in [0.1, 0.15) is 34.6 Å². The smallest absolute Gasteiger partial charge is 0.304 e. The van der Waals surface area contributed by atoms with Gasteiger partial charge >= 0.3 is 5.97 Å². The standard InChI is InChI=1S/C14H23NO2/c1-7-15(8-2)11-9-10-14(6,12(3)4)17-13(5)16/h3,7-8,11H2,1-2,4-6H3/t14-/m0/s1. The molecule has 0 saturated heterocycles. The highest BCUT2D eigenvalue weighted by Gasteiger charge is 2.25. The summed E-state index contributed by atoms with van der Waals surface area (Å²) in [4.78, 5) is 13.2. The van der Waals surface area contributed by atoms with Crippen LogP contribution in [0.4, 0.5) is 0 Å². The molecule has 0 fully saturated rings. The second-order valence-corrected chi connectivity index (χ2v) is 4.17. The van der Waals surface area contributed by atoms with Crippen LogP contribution in [0.15, 0.2) is 12.2 Å².